The zero-order valence-electron chi connectivity index (χ0n) is 14.3. The summed E-state index contributed by atoms with van der Waals surface area (Å²) < 4.78 is 84.2. The van der Waals surface area contributed by atoms with E-state index in [2.05, 4.69) is 4.98 Å². The number of nitrogens with zero attached hydrogens (tertiary/aromatic N) is 3. The Balaban J connectivity index is 2.15. The molecule has 0 spiro atoms. The minimum atomic E-state index is -5.76. The van der Waals surface area contributed by atoms with Crippen molar-refractivity contribution in [1.82, 2.24) is 14.8 Å². The van der Waals surface area contributed by atoms with Crippen LogP contribution in [0.2, 0.25) is 0 Å². The lowest BCUT2D eigenvalue weighted by molar-refractivity contribution is -0.0438. The van der Waals surface area contributed by atoms with Crippen LogP contribution in [0, 0.1) is 0 Å². The second-order valence-electron chi connectivity index (χ2n) is 6.07. The van der Waals surface area contributed by atoms with Gasteiger partial charge < -0.3 is 4.90 Å². The summed E-state index contributed by atoms with van der Waals surface area (Å²) >= 11 is 0. The van der Waals surface area contributed by atoms with E-state index in [0.717, 1.165) is 18.5 Å². The predicted molar refractivity (Wildman–Crippen MR) is 89.5 cm³/mol. The molecule has 2 rings (SSSR count). The first-order chi connectivity index (χ1) is 12.3. The molecular weight excluding hydrogens is 411 g/mol. The maximum Gasteiger partial charge on any atom is 0.503 e. The Bertz CT molecular complexity index is 908. The summed E-state index contributed by atoms with van der Waals surface area (Å²) in [5.41, 5.74) is -6.21. The van der Waals surface area contributed by atoms with Crippen molar-refractivity contribution in [2.75, 3.05) is 44.7 Å². The lowest BCUT2D eigenvalue weighted by atomic mass is 10.2. The van der Waals surface area contributed by atoms with Gasteiger partial charge >= 0.3 is 5.51 Å². The Morgan fingerprint density at radius 1 is 1.15 bits per heavy atom. The predicted octanol–water partition coefficient (Wildman–Crippen LogP) is 0.178. The zero-order chi connectivity index (χ0) is 20.5. The van der Waals surface area contributed by atoms with E-state index in [0.29, 0.717) is 13.1 Å². The quantitative estimate of drug-likeness (QED) is 0.657. The molecule has 0 N–H and O–H groups in total. The summed E-state index contributed by atoms with van der Waals surface area (Å²) in [5.74, 6) is -0.911. The maximum absolute atomic E-state index is 12.8. The van der Waals surface area contributed by atoms with Crippen LogP contribution in [0.3, 0.4) is 0 Å². The molecule has 1 amide bonds. The first-order valence-corrected chi connectivity index (χ1v) is 11.3. The largest absolute Gasteiger partial charge is 0.503 e. The summed E-state index contributed by atoms with van der Waals surface area (Å²) in [5, 5.41) is -1.32. The number of piperazine rings is 1. The van der Waals surface area contributed by atoms with Gasteiger partial charge in [-0.1, -0.05) is 0 Å². The van der Waals surface area contributed by atoms with Gasteiger partial charge in [0.2, 0.25) is 0 Å². The fraction of sp³-hybridized carbons (Fsp3) is 0.571. The number of amides is 1. The van der Waals surface area contributed by atoms with Crippen molar-refractivity contribution in [1.29, 1.82) is 0 Å². The number of sulfone groups is 2. The monoisotopic (exact) mass is 429 g/mol. The van der Waals surface area contributed by atoms with E-state index in [1.165, 1.54) is 11.0 Å². The molecule has 2 heterocycles. The second-order valence-corrected chi connectivity index (χ2v) is 10.2. The molecular formula is C14H18F3N3O5S2. The third-order valence-corrected chi connectivity index (χ3v) is 6.37. The van der Waals surface area contributed by atoms with Crippen LogP contribution in [0.5, 0.6) is 0 Å². The third-order valence-electron chi connectivity index (χ3n) is 4.00. The van der Waals surface area contributed by atoms with Crippen LogP contribution in [0.25, 0.3) is 0 Å². The number of pyridine rings is 1. The molecule has 27 heavy (non-hydrogen) atoms. The van der Waals surface area contributed by atoms with E-state index in [4.69, 9.17) is 0 Å². The lowest BCUT2D eigenvalue weighted by Crippen LogP contribution is -2.49. The molecule has 0 saturated carbocycles. The molecule has 0 unspecified atom stereocenters. The number of hydrogen-bond donors (Lipinski definition) is 0. The van der Waals surface area contributed by atoms with Crippen LogP contribution in [-0.2, 0) is 19.7 Å². The van der Waals surface area contributed by atoms with Crippen molar-refractivity contribution < 1.29 is 34.8 Å². The molecule has 13 heteroatoms. The number of halogens is 3. The molecule has 1 saturated heterocycles. The van der Waals surface area contributed by atoms with Crippen LogP contribution in [-0.4, -0.2) is 87.8 Å². The average Bonchev–Trinajstić information content (AvgIpc) is 2.58. The van der Waals surface area contributed by atoms with Crippen molar-refractivity contribution in [3.8, 4) is 0 Å². The zero-order valence-corrected chi connectivity index (χ0v) is 15.9. The Hall–Kier alpha value is -1.73. The van der Waals surface area contributed by atoms with Crippen LogP contribution in [0.15, 0.2) is 23.4 Å². The summed E-state index contributed by atoms with van der Waals surface area (Å²) in [6.07, 6.45) is 1.98. The molecule has 0 aromatic carbocycles. The summed E-state index contributed by atoms with van der Waals surface area (Å²) in [6.45, 7) is 1.18. The van der Waals surface area contributed by atoms with Crippen molar-refractivity contribution in [2.24, 2.45) is 0 Å². The van der Waals surface area contributed by atoms with E-state index < -0.39 is 41.7 Å². The van der Waals surface area contributed by atoms with Gasteiger partial charge in [0.1, 0.15) is 9.84 Å². The number of carbonyl (C=O) groups is 1. The molecule has 0 atom stereocenters. The molecule has 8 nitrogen and oxygen atoms in total. The van der Waals surface area contributed by atoms with Gasteiger partial charge in [0.15, 0.2) is 5.03 Å². The van der Waals surface area contributed by atoms with Crippen molar-refractivity contribution >= 4 is 25.6 Å². The third kappa shape index (κ3) is 5.17. The number of rotatable bonds is 5. The molecule has 0 aliphatic carbocycles. The minimum absolute atomic E-state index is 0.0441. The van der Waals surface area contributed by atoms with Crippen LogP contribution >= 0.6 is 0 Å². The highest BCUT2D eigenvalue weighted by molar-refractivity contribution is 7.92. The smallest absolute Gasteiger partial charge is 0.336 e. The average molecular weight is 429 g/mol. The van der Waals surface area contributed by atoms with Gasteiger partial charge in [-0.05, 0) is 12.1 Å². The van der Waals surface area contributed by atoms with Crippen molar-refractivity contribution in [2.45, 2.75) is 10.5 Å². The van der Waals surface area contributed by atoms with Gasteiger partial charge in [-0.3, -0.25) is 9.69 Å². The highest BCUT2D eigenvalue weighted by Crippen LogP contribution is 2.31. The van der Waals surface area contributed by atoms with E-state index in [9.17, 15) is 34.8 Å². The van der Waals surface area contributed by atoms with E-state index in [1.54, 1.807) is 4.90 Å². The molecule has 1 aromatic rings. The van der Waals surface area contributed by atoms with Gasteiger partial charge in [-0.15, -0.1) is 0 Å². The standard InChI is InChI=1S/C14H18F3N3O5S2/c1-26(22,23)10-9-19-5-7-20(8-6-19)13(21)11-3-2-4-18-12(11)27(24,25)14(15,16)17/h2-4H,5-10H2,1H3. The van der Waals surface area contributed by atoms with Crippen LogP contribution < -0.4 is 0 Å². The van der Waals surface area contributed by atoms with Gasteiger partial charge in [0.05, 0.1) is 11.3 Å². The molecule has 0 radical (unpaired) electrons. The lowest BCUT2D eigenvalue weighted by Gasteiger charge is -2.34. The highest BCUT2D eigenvalue weighted by atomic mass is 32.2. The van der Waals surface area contributed by atoms with Gasteiger partial charge in [-0.2, -0.15) is 13.2 Å². The molecule has 1 aromatic heterocycles. The normalized spacial score (nSPS) is 17.1. The Morgan fingerprint density at radius 3 is 2.26 bits per heavy atom. The number of hydrogen-bond acceptors (Lipinski definition) is 7. The summed E-state index contributed by atoms with van der Waals surface area (Å²) in [4.78, 5) is 18.9. The molecule has 1 fully saturated rings. The van der Waals surface area contributed by atoms with Crippen LogP contribution in [0.4, 0.5) is 13.2 Å². The Labute approximate surface area is 154 Å². The van der Waals surface area contributed by atoms with Gasteiger partial charge in [-0.25, -0.2) is 21.8 Å². The minimum Gasteiger partial charge on any atom is -0.336 e. The highest BCUT2D eigenvalue weighted by Gasteiger charge is 2.49. The van der Waals surface area contributed by atoms with Gasteiger partial charge in [0.25, 0.3) is 15.7 Å². The molecule has 0 bridgehead atoms. The molecule has 1 aliphatic rings. The number of aromatic nitrogens is 1. The first-order valence-electron chi connectivity index (χ1n) is 7.78. The SMILES string of the molecule is CS(=O)(=O)CCN1CCN(C(=O)c2cccnc2S(=O)(=O)C(F)(F)F)CC1. The number of alkyl halides is 3. The Morgan fingerprint density at radius 2 is 1.74 bits per heavy atom. The number of carbonyl (C=O) groups excluding carboxylic acids is 1. The molecule has 1 aliphatic heterocycles. The van der Waals surface area contributed by atoms with Crippen LogP contribution in [0.1, 0.15) is 10.4 Å². The van der Waals surface area contributed by atoms with Crippen molar-refractivity contribution in [3.63, 3.8) is 0 Å². The Kier molecular flexibility index (Phi) is 6.16. The fourth-order valence-electron chi connectivity index (χ4n) is 2.52. The molecule has 152 valence electrons. The topological polar surface area (TPSA) is 105 Å². The van der Waals surface area contributed by atoms with E-state index in [1.807, 2.05) is 0 Å². The van der Waals surface area contributed by atoms with Crippen molar-refractivity contribution in [3.05, 3.63) is 23.9 Å². The summed E-state index contributed by atoms with van der Waals surface area (Å²) in [7, 11) is -8.90. The van der Waals surface area contributed by atoms with E-state index in [-0.39, 0.29) is 25.4 Å². The summed E-state index contributed by atoms with van der Waals surface area (Å²) in [6, 6.07) is 2.18. The first kappa shape index (κ1) is 21.6. The van der Waals surface area contributed by atoms with E-state index >= 15 is 0 Å². The maximum atomic E-state index is 12.8. The fourth-order valence-corrected chi connectivity index (χ4v) is 3.97. The second kappa shape index (κ2) is 7.72. The van der Waals surface area contributed by atoms with Gasteiger partial charge in [0, 0.05) is 45.2 Å².